The molecule has 0 radical (unpaired) electrons. The van der Waals surface area contributed by atoms with E-state index in [1.807, 2.05) is 6.20 Å². The molecule has 0 fully saturated rings. The van der Waals surface area contributed by atoms with E-state index in [2.05, 4.69) is 188 Å². The number of nitrogens with zero attached hydrogens (tertiary/aromatic N) is 5. The summed E-state index contributed by atoms with van der Waals surface area (Å²) >= 11 is 0. The van der Waals surface area contributed by atoms with Crippen LogP contribution in [0.2, 0.25) is 0 Å². The molecule has 0 atom stereocenters. The fourth-order valence-corrected chi connectivity index (χ4v) is 8.16. The van der Waals surface area contributed by atoms with Crippen molar-refractivity contribution in [2.24, 2.45) is 0 Å². The smallest absolute Gasteiger partial charge is 0.139 e. The van der Waals surface area contributed by atoms with Gasteiger partial charge in [0.05, 0.1) is 38.8 Å². The van der Waals surface area contributed by atoms with Crippen LogP contribution in [0.4, 0.5) is 0 Å². The highest BCUT2D eigenvalue weighted by atomic mass is 15.1. The van der Waals surface area contributed by atoms with Crippen molar-refractivity contribution < 1.29 is 0 Å². The largest absolute Gasteiger partial charge is 0.316 e. The Bertz CT molecular complexity index is 2880. The molecule has 6 aromatic carbocycles. The van der Waals surface area contributed by atoms with Gasteiger partial charge in [-0.3, -0.25) is 4.57 Å². The van der Waals surface area contributed by atoms with Crippen molar-refractivity contribution in [3.63, 3.8) is 0 Å². The predicted molar refractivity (Wildman–Crippen MR) is 207 cm³/mol. The number of benzene rings is 6. The zero-order valence-electron chi connectivity index (χ0n) is 27.0. The minimum absolute atomic E-state index is 0.880. The molecule has 11 aromatic rings. The average Bonchev–Trinajstić information content (AvgIpc) is 3.96. The maximum Gasteiger partial charge on any atom is 0.139 e. The molecule has 0 aliphatic heterocycles. The first kappa shape index (κ1) is 27.1. The van der Waals surface area contributed by atoms with Gasteiger partial charge in [0.15, 0.2) is 0 Å². The van der Waals surface area contributed by atoms with Gasteiger partial charge in [-0.05, 0) is 66.7 Å². The van der Waals surface area contributed by atoms with Crippen molar-refractivity contribution in [1.29, 1.82) is 0 Å². The molecule has 0 aliphatic carbocycles. The lowest BCUT2D eigenvalue weighted by Crippen LogP contribution is -2.01. The summed E-state index contributed by atoms with van der Waals surface area (Å²) in [6.45, 7) is 0. The lowest BCUT2D eigenvalue weighted by Gasteiger charge is -2.12. The fraction of sp³-hybridized carbons (Fsp3) is 0. The summed E-state index contributed by atoms with van der Waals surface area (Å²) in [6, 6.07) is 56.4. The summed E-state index contributed by atoms with van der Waals surface area (Å²) in [7, 11) is 0. The molecule has 50 heavy (non-hydrogen) atoms. The van der Waals surface area contributed by atoms with Gasteiger partial charge >= 0.3 is 0 Å². The Kier molecular flexibility index (Phi) is 5.60. The summed E-state index contributed by atoms with van der Waals surface area (Å²) in [5.41, 5.74) is 10.4. The van der Waals surface area contributed by atoms with Crippen LogP contribution in [0.1, 0.15) is 0 Å². The molecule has 0 N–H and O–H groups in total. The lowest BCUT2D eigenvalue weighted by atomic mass is 10.1. The van der Waals surface area contributed by atoms with E-state index in [0.29, 0.717) is 0 Å². The van der Waals surface area contributed by atoms with Gasteiger partial charge in [-0.25, -0.2) is 4.98 Å². The number of hydrogen-bond donors (Lipinski definition) is 0. The second-order valence-electron chi connectivity index (χ2n) is 12.9. The molecular weight excluding hydrogens is 611 g/mol. The van der Waals surface area contributed by atoms with Crippen molar-refractivity contribution in [3.8, 4) is 22.9 Å². The summed E-state index contributed by atoms with van der Waals surface area (Å²) < 4.78 is 9.34. The van der Waals surface area contributed by atoms with E-state index < -0.39 is 0 Å². The summed E-state index contributed by atoms with van der Waals surface area (Å²) in [5.74, 6) is 0.880. The maximum atomic E-state index is 5.03. The topological polar surface area (TPSA) is 32.6 Å². The van der Waals surface area contributed by atoms with Crippen LogP contribution < -0.4 is 0 Å². The molecule has 5 nitrogen and oxygen atoms in total. The van der Waals surface area contributed by atoms with Gasteiger partial charge in [0.2, 0.25) is 0 Å². The van der Waals surface area contributed by atoms with Crippen LogP contribution in [0.25, 0.3) is 88.3 Å². The first-order chi connectivity index (χ1) is 24.8. The number of pyridine rings is 1. The summed E-state index contributed by atoms with van der Waals surface area (Å²) in [4.78, 5) is 5.03. The molecule has 0 saturated heterocycles. The second kappa shape index (κ2) is 10.3. The van der Waals surface area contributed by atoms with Gasteiger partial charge in [-0.1, -0.05) is 84.9 Å². The van der Waals surface area contributed by atoms with Crippen LogP contribution in [0.3, 0.4) is 0 Å². The van der Waals surface area contributed by atoms with Crippen molar-refractivity contribution in [1.82, 2.24) is 23.3 Å². The van der Waals surface area contributed by atoms with Crippen molar-refractivity contribution in [3.05, 3.63) is 176 Å². The first-order valence-electron chi connectivity index (χ1n) is 17.0. The Balaban J connectivity index is 1.19. The van der Waals surface area contributed by atoms with Gasteiger partial charge in [-0.15, -0.1) is 0 Å². The van der Waals surface area contributed by atoms with E-state index in [0.717, 1.165) is 44.9 Å². The van der Waals surface area contributed by atoms with E-state index in [4.69, 9.17) is 4.98 Å². The third-order valence-electron chi connectivity index (χ3n) is 10.3. The third-order valence-corrected chi connectivity index (χ3v) is 10.3. The molecule has 0 spiro atoms. The average molecular weight is 640 g/mol. The molecule has 11 rings (SSSR count). The van der Waals surface area contributed by atoms with E-state index in [1.54, 1.807) is 0 Å². The van der Waals surface area contributed by atoms with E-state index in [-0.39, 0.29) is 0 Å². The molecular formula is C45H29N5. The Morgan fingerprint density at radius 3 is 1.46 bits per heavy atom. The van der Waals surface area contributed by atoms with Gasteiger partial charge in [0.1, 0.15) is 5.82 Å². The van der Waals surface area contributed by atoms with Crippen molar-refractivity contribution in [2.75, 3.05) is 0 Å². The van der Waals surface area contributed by atoms with E-state index in [9.17, 15) is 0 Å². The number of para-hydroxylation sites is 4. The molecule has 0 amide bonds. The Labute approximate surface area is 287 Å². The summed E-state index contributed by atoms with van der Waals surface area (Å²) in [6.07, 6.45) is 6.31. The highest BCUT2D eigenvalue weighted by molar-refractivity contribution is 6.22. The SMILES string of the molecule is c1ccc(-n2ccc3ccc4c(c5ccccc5n4-c4ccnc(-n5c6ccccc6c6c7c(ccc65)ccn7-c5ccccc5)c4)c32)cc1. The molecule has 5 heterocycles. The van der Waals surface area contributed by atoms with Crippen LogP contribution in [0.5, 0.6) is 0 Å². The van der Waals surface area contributed by atoms with E-state index >= 15 is 0 Å². The van der Waals surface area contributed by atoms with Gasteiger partial charge in [0.25, 0.3) is 0 Å². The summed E-state index contributed by atoms with van der Waals surface area (Å²) in [5, 5.41) is 7.33. The second-order valence-corrected chi connectivity index (χ2v) is 12.9. The standard InChI is InChI=1S/C45H29N5/c1-3-11-32(12-4-1)47-27-24-30-19-21-39-42(44(30)47)35-15-7-9-17-37(35)49(39)34-23-26-46-41(29-34)50-38-18-10-8-16-36(38)43-40(50)22-20-31-25-28-48(45(31)43)33-13-5-2-6-14-33/h1-29H. The highest BCUT2D eigenvalue weighted by Gasteiger charge is 2.21. The monoisotopic (exact) mass is 639 g/mol. The Morgan fingerprint density at radius 2 is 0.880 bits per heavy atom. The minimum Gasteiger partial charge on any atom is -0.316 e. The van der Waals surface area contributed by atoms with Crippen LogP contribution in [-0.2, 0) is 0 Å². The normalized spacial score (nSPS) is 12.0. The predicted octanol–water partition coefficient (Wildman–Crippen LogP) is 11.2. The number of hydrogen-bond acceptors (Lipinski definition) is 1. The van der Waals surface area contributed by atoms with Crippen molar-refractivity contribution in [2.45, 2.75) is 0 Å². The zero-order chi connectivity index (χ0) is 32.8. The Hall–Kier alpha value is -6.85. The van der Waals surface area contributed by atoms with Crippen molar-refractivity contribution >= 4 is 65.4 Å². The van der Waals surface area contributed by atoms with Gasteiger partial charge in [-0.2, -0.15) is 0 Å². The van der Waals surface area contributed by atoms with Crippen LogP contribution >= 0.6 is 0 Å². The Morgan fingerprint density at radius 1 is 0.380 bits per heavy atom. The molecule has 0 aliphatic rings. The van der Waals surface area contributed by atoms with Crippen LogP contribution in [-0.4, -0.2) is 23.3 Å². The molecule has 0 unspecified atom stereocenters. The van der Waals surface area contributed by atoms with Crippen LogP contribution in [0, 0.1) is 0 Å². The van der Waals surface area contributed by atoms with Gasteiger partial charge in [0, 0.05) is 68.3 Å². The lowest BCUT2D eigenvalue weighted by molar-refractivity contribution is 1.06. The minimum atomic E-state index is 0.880. The molecule has 0 bridgehead atoms. The molecule has 5 aromatic heterocycles. The fourth-order valence-electron chi connectivity index (χ4n) is 8.16. The first-order valence-corrected chi connectivity index (χ1v) is 17.0. The molecule has 5 heteroatoms. The molecule has 234 valence electrons. The zero-order valence-corrected chi connectivity index (χ0v) is 27.0. The van der Waals surface area contributed by atoms with E-state index in [1.165, 1.54) is 43.4 Å². The molecule has 0 saturated carbocycles. The quantitative estimate of drug-likeness (QED) is 0.189. The third kappa shape index (κ3) is 3.74. The van der Waals surface area contributed by atoms with Gasteiger partial charge < -0.3 is 13.7 Å². The number of rotatable bonds is 4. The number of fused-ring (bicyclic) bond motifs is 10. The number of aromatic nitrogens is 5. The maximum absolute atomic E-state index is 5.03. The highest BCUT2D eigenvalue weighted by Crippen LogP contribution is 2.40. The van der Waals surface area contributed by atoms with Crippen LogP contribution in [0.15, 0.2) is 176 Å².